The van der Waals surface area contributed by atoms with E-state index in [1.807, 2.05) is 19.9 Å². The van der Waals surface area contributed by atoms with E-state index in [0.29, 0.717) is 28.0 Å². The lowest BCUT2D eigenvalue weighted by atomic mass is 10.0. The first-order valence-electron chi connectivity index (χ1n) is 11.6. The standard InChI is InChI=1S/C27H23F3N2O5S/c1-16-7-9-19-12-20(26(33)31-25(19)17(16)2)14-32(13-18-8-10-22-23(11-18)37-15-36-22)38(34,35)24-6-4-3-5-21(24)27(28,29)30/h3-12H,13-15H2,1-2H3,(H,31,33). The average molecular weight is 545 g/mol. The highest BCUT2D eigenvalue weighted by molar-refractivity contribution is 7.89. The number of aromatic nitrogens is 1. The molecule has 0 spiro atoms. The molecular formula is C27H23F3N2O5S. The van der Waals surface area contributed by atoms with Crippen LogP contribution in [-0.4, -0.2) is 24.5 Å². The Kier molecular flexibility index (Phi) is 6.44. The maximum atomic E-state index is 13.8. The summed E-state index contributed by atoms with van der Waals surface area (Å²) < 4.78 is 80.4. The molecule has 0 amide bonds. The molecule has 11 heteroatoms. The van der Waals surface area contributed by atoms with E-state index in [4.69, 9.17) is 9.47 Å². The number of benzene rings is 3. The van der Waals surface area contributed by atoms with Gasteiger partial charge in [-0.1, -0.05) is 30.3 Å². The molecule has 0 atom stereocenters. The van der Waals surface area contributed by atoms with Gasteiger partial charge in [-0.05, 0) is 66.3 Å². The second-order valence-electron chi connectivity index (χ2n) is 9.05. The zero-order valence-corrected chi connectivity index (χ0v) is 21.2. The van der Waals surface area contributed by atoms with Crippen molar-refractivity contribution in [3.8, 4) is 11.5 Å². The topological polar surface area (TPSA) is 88.7 Å². The number of nitrogens with zero attached hydrogens (tertiary/aromatic N) is 1. The highest BCUT2D eigenvalue weighted by Gasteiger charge is 2.39. The average Bonchev–Trinajstić information content (AvgIpc) is 3.34. The van der Waals surface area contributed by atoms with E-state index in [9.17, 15) is 26.4 Å². The molecule has 0 fully saturated rings. The summed E-state index contributed by atoms with van der Waals surface area (Å²) >= 11 is 0. The summed E-state index contributed by atoms with van der Waals surface area (Å²) in [5.74, 6) is 0.868. The van der Waals surface area contributed by atoms with Crippen LogP contribution in [0.3, 0.4) is 0 Å². The fraction of sp³-hybridized carbons (Fsp3) is 0.222. The molecule has 0 saturated carbocycles. The molecule has 3 aromatic carbocycles. The monoisotopic (exact) mass is 544 g/mol. The van der Waals surface area contributed by atoms with Crippen molar-refractivity contribution < 1.29 is 31.1 Å². The molecule has 5 rings (SSSR count). The van der Waals surface area contributed by atoms with Gasteiger partial charge in [0.05, 0.1) is 16.0 Å². The number of hydrogen-bond donors (Lipinski definition) is 1. The number of hydrogen-bond acceptors (Lipinski definition) is 5. The van der Waals surface area contributed by atoms with Crippen molar-refractivity contribution in [2.45, 2.75) is 38.0 Å². The minimum Gasteiger partial charge on any atom is -0.454 e. The van der Waals surface area contributed by atoms with Gasteiger partial charge in [0, 0.05) is 18.7 Å². The van der Waals surface area contributed by atoms with Gasteiger partial charge in [-0.15, -0.1) is 0 Å². The molecule has 2 heterocycles. The molecule has 1 aliphatic heterocycles. The predicted molar refractivity (Wildman–Crippen MR) is 134 cm³/mol. The first-order valence-corrected chi connectivity index (χ1v) is 13.1. The van der Waals surface area contributed by atoms with Crippen LogP contribution in [0.15, 0.2) is 70.4 Å². The minimum absolute atomic E-state index is 0.00507. The number of halogens is 3. The van der Waals surface area contributed by atoms with Crippen molar-refractivity contribution in [2.75, 3.05) is 6.79 Å². The summed E-state index contributed by atoms with van der Waals surface area (Å²) in [7, 11) is -4.72. The van der Waals surface area contributed by atoms with E-state index >= 15 is 0 Å². The largest absolute Gasteiger partial charge is 0.454 e. The first kappa shape index (κ1) is 25.8. The second-order valence-corrected chi connectivity index (χ2v) is 11.0. The number of aromatic amines is 1. The molecule has 1 aromatic heterocycles. The number of rotatable bonds is 6. The van der Waals surface area contributed by atoms with Crippen molar-refractivity contribution in [3.05, 3.63) is 98.8 Å². The van der Waals surface area contributed by atoms with E-state index in [1.165, 1.54) is 6.07 Å². The van der Waals surface area contributed by atoms with E-state index < -0.39 is 38.8 Å². The summed E-state index contributed by atoms with van der Waals surface area (Å²) in [5.41, 5.74) is 1.19. The van der Waals surface area contributed by atoms with Crippen molar-refractivity contribution in [2.24, 2.45) is 0 Å². The zero-order valence-electron chi connectivity index (χ0n) is 20.4. The number of alkyl halides is 3. The van der Waals surface area contributed by atoms with E-state index in [1.54, 1.807) is 30.3 Å². The van der Waals surface area contributed by atoms with Gasteiger partial charge in [-0.3, -0.25) is 4.79 Å². The fourth-order valence-electron chi connectivity index (χ4n) is 4.41. The van der Waals surface area contributed by atoms with Crippen LogP contribution in [0.4, 0.5) is 13.2 Å². The lowest BCUT2D eigenvalue weighted by Crippen LogP contribution is -2.33. The summed E-state index contributed by atoms with van der Waals surface area (Å²) in [5, 5.41) is 0.679. The molecule has 0 radical (unpaired) electrons. The molecule has 198 valence electrons. The molecule has 0 aliphatic carbocycles. The second kappa shape index (κ2) is 9.48. The van der Waals surface area contributed by atoms with Crippen molar-refractivity contribution in [1.29, 1.82) is 0 Å². The maximum Gasteiger partial charge on any atom is 0.417 e. The Labute approximate surface area is 216 Å². The maximum absolute atomic E-state index is 13.8. The Balaban J connectivity index is 1.62. The highest BCUT2D eigenvalue weighted by atomic mass is 32.2. The van der Waals surface area contributed by atoms with Crippen LogP contribution in [0.1, 0.15) is 27.8 Å². The van der Waals surface area contributed by atoms with E-state index in [2.05, 4.69) is 4.98 Å². The molecule has 1 N–H and O–H groups in total. The Bertz CT molecular complexity index is 1710. The van der Waals surface area contributed by atoms with Crippen molar-refractivity contribution >= 4 is 20.9 Å². The van der Waals surface area contributed by atoms with Gasteiger partial charge in [0.25, 0.3) is 5.56 Å². The highest BCUT2D eigenvalue weighted by Crippen LogP contribution is 2.37. The molecule has 0 bridgehead atoms. The van der Waals surface area contributed by atoms with Gasteiger partial charge in [0.15, 0.2) is 11.5 Å². The number of H-pyrrole nitrogens is 1. The molecule has 1 aliphatic rings. The van der Waals surface area contributed by atoms with Gasteiger partial charge in [0.2, 0.25) is 16.8 Å². The van der Waals surface area contributed by atoms with Crippen LogP contribution in [0.25, 0.3) is 10.9 Å². The zero-order chi connectivity index (χ0) is 27.2. The third-order valence-corrected chi connectivity index (χ3v) is 8.43. The van der Waals surface area contributed by atoms with Gasteiger partial charge in [-0.25, -0.2) is 8.42 Å². The minimum atomic E-state index is -4.90. The Morgan fingerprint density at radius 3 is 2.45 bits per heavy atom. The van der Waals surface area contributed by atoms with Crippen molar-refractivity contribution in [1.82, 2.24) is 9.29 Å². The van der Waals surface area contributed by atoms with Gasteiger partial charge >= 0.3 is 6.18 Å². The Hall–Kier alpha value is -3.83. The predicted octanol–water partition coefficient (Wildman–Crippen LogP) is 5.28. The van der Waals surface area contributed by atoms with Gasteiger partial charge in [0.1, 0.15) is 0 Å². The molecule has 38 heavy (non-hydrogen) atoms. The SMILES string of the molecule is Cc1ccc2cc(CN(Cc3ccc4c(c3)OCO4)S(=O)(=O)c3ccccc3C(F)(F)F)c(=O)[nH]c2c1C. The third-order valence-electron chi connectivity index (χ3n) is 6.58. The van der Waals surface area contributed by atoms with E-state index in [-0.39, 0.29) is 18.9 Å². The smallest absolute Gasteiger partial charge is 0.417 e. The molecule has 7 nitrogen and oxygen atoms in total. The number of ether oxygens (including phenoxy) is 2. The first-order chi connectivity index (χ1) is 17.9. The lowest BCUT2D eigenvalue weighted by Gasteiger charge is -2.24. The summed E-state index contributed by atoms with van der Waals surface area (Å²) in [6.45, 7) is 3.00. The van der Waals surface area contributed by atoms with Gasteiger partial charge in [-0.2, -0.15) is 17.5 Å². The van der Waals surface area contributed by atoms with E-state index in [0.717, 1.165) is 33.6 Å². The molecule has 0 saturated heterocycles. The van der Waals surface area contributed by atoms with Gasteiger partial charge < -0.3 is 14.5 Å². The molecule has 4 aromatic rings. The summed E-state index contributed by atoms with van der Waals surface area (Å²) in [6, 6.07) is 14.0. The summed E-state index contributed by atoms with van der Waals surface area (Å²) in [6.07, 6.45) is -4.90. The Morgan fingerprint density at radius 2 is 1.68 bits per heavy atom. The number of sulfonamides is 1. The lowest BCUT2D eigenvalue weighted by molar-refractivity contribution is -0.139. The Morgan fingerprint density at radius 1 is 0.947 bits per heavy atom. The summed E-state index contributed by atoms with van der Waals surface area (Å²) in [4.78, 5) is 14.9. The fourth-order valence-corrected chi connectivity index (χ4v) is 6.03. The molecule has 0 unspecified atom stereocenters. The number of nitrogens with one attached hydrogen (secondary N) is 1. The van der Waals surface area contributed by atoms with Crippen LogP contribution in [0.5, 0.6) is 11.5 Å². The van der Waals surface area contributed by atoms with Crippen LogP contribution in [0.2, 0.25) is 0 Å². The van der Waals surface area contributed by atoms with Crippen LogP contribution in [-0.2, 0) is 29.3 Å². The normalized spacial score (nSPS) is 13.4. The van der Waals surface area contributed by atoms with Crippen LogP contribution >= 0.6 is 0 Å². The van der Waals surface area contributed by atoms with Crippen LogP contribution in [0, 0.1) is 13.8 Å². The number of aryl methyl sites for hydroxylation is 2. The van der Waals surface area contributed by atoms with Crippen LogP contribution < -0.4 is 15.0 Å². The number of pyridine rings is 1. The quantitative estimate of drug-likeness (QED) is 0.357. The van der Waals surface area contributed by atoms with Crippen molar-refractivity contribution in [3.63, 3.8) is 0 Å². The molecular weight excluding hydrogens is 521 g/mol. The third kappa shape index (κ3) is 4.74. The number of fused-ring (bicyclic) bond motifs is 2.